The fourth-order valence-electron chi connectivity index (χ4n) is 3.85. The average molecular weight is 253 g/mol. The van der Waals surface area contributed by atoms with Crippen LogP contribution in [0.3, 0.4) is 0 Å². The van der Waals surface area contributed by atoms with E-state index >= 15 is 0 Å². The maximum atomic E-state index is 6.02. The van der Waals surface area contributed by atoms with Gasteiger partial charge in [-0.15, -0.1) is 0 Å². The Hall–Kier alpha value is -0.120. The zero-order valence-electron chi connectivity index (χ0n) is 11.6. The lowest BCUT2D eigenvalue weighted by molar-refractivity contribution is -0.100. The third-order valence-corrected chi connectivity index (χ3v) is 5.04. The molecule has 3 aliphatic heterocycles. The number of hydrogen-bond acceptors (Lipinski definition) is 3. The molecule has 1 N–H and O–H groups in total. The van der Waals surface area contributed by atoms with Gasteiger partial charge in [-0.25, -0.2) is 0 Å². The van der Waals surface area contributed by atoms with Crippen LogP contribution in [0.2, 0.25) is 0 Å². The van der Waals surface area contributed by atoms with Crippen molar-refractivity contribution in [2.24, 2.45) is 11.8 Å². The molecule has 18 heavy (non-hydrogen) atoms. The van der Waals surface area contributed by atoms with Gasteiger partial charge in [0.15, 0.2) is 0 Å². The highest BCUT2D eigenvalue weighted by atomic mass is 16.6. The quantitative estimate of drug-likeness (QED) is 0.819. The minimum atomic E-state index is 0.0882. The maximum absolute atomic E-state index is 6.02. The van der Waals surface area contributed by atoms with E-state index in [0.29, 0.717) is 0 Å². The van der Waals surface area contributed by atoms with E-state index in [-0.39, 0.29) is 5.60 Å². The summed E-state index contributed by atoms with van der Waals surface area (Å²) in [6, 6.07) is 0.753. The topological polar surface area (TPSA) is 30.5 Å². The van der Waals surface area contributed by atoms with E-state index in [4.69, 9.17) is 9.47 Å². The number of piperidine rings is 1. The van der Waals surface area contributed by atoms with Crippen LogP contribution in [0.4, 0.5) is 0 Å². The first kappa shape index (κ1) is 12.9. The number of ether oxygens (including phenoxy) is 2. The van der Waals surface area contributed by atoms with Crippen molar-refractivity contribution in [2.45, 2.75) is 57.1 Å². The second-order valence-corrected chi connectivity index (χ2v) is 6.72. The first-order chi connectivity index (χ1) is 8.76. The van der Waals surface area contributed by atoms with Crippen molar-refractivity contribution in [2.75, 3.05) is 26.4 Å². The van der Waals surface area contributed by atoms with E-state index in [0.717, 1.165) is 44.1 Å². The Balaban J connectivity index is 1.50. The van der Waals surface area contributed by atoms with Crippen molar-refractivity contribution in [3.63, 3.8) is 0 Å². The molecule has 4 atom stereocenters. The van der Waals surface area contributed by atoms with Gasteiger partial charge in [0.1, 0.15) is 0 Å². The first-order valence-corrected chi connectivity index (χ1v) is 7.71. The van der Waals surface area contributed by atoms with Crippen LogP contribution in [-0.2, 0) is 9.47 Å². The van der Waals surface area contributed by atoms with Crippen LogP contribution in [0, 0.1) is 11.8 Å². The molecule has 4 unspecified atom stereocenters. The lowest BCUT2D eigenvalue weighted by Crippen LogP contribution is -2.44. The molecule has 3 heteroatoms. The summed E-state index contributed by atoms with van der Waals surface area (Å²) in [5, 5.41) is 3.72. The van der Waals surface area contributed by atoms with Crippen LogP contribution in [-0.4, -0.2) is 38.0 Å². The SMILES string of the molecule is CC1CCC(CC2CCOC3(CCOC3)C2)NC1. The van der Waals surface area contributed by atoms with Gasteiger partial charge in [-0.1, -0.05) is 6.92 Å². The van der Waals surface area contributed by atoms with E-state index in [9.17, 15) is 0 Å². The largest absolute Gasteiger partial charge is 0.378 e. The van der Waals surface area contributed by atoms with Crippen molar-refractivity contribution in [3.8, 4) is 0 Å². The second-order valence-electron chi connectivity index (χ2n) is 6.72. The van der Waals surface area contributed by atoms with Crippen molar-refractivity contribution in [1.82, 2.24) is 5.32 Å². The predicted octanol–water partition coefficient (Wildman–Crippen LogP) is 2.35. The van der Waals surface area contributed by atoms with Crippen molar-refractivity contribution < 1.29 is 9.47 Å². The highest BCUT2D eigenvalue weighted by Gasteiger charge is 2.41. The monoisotopic (exact) mass is 253 g/mol. The highest BCUT2D eigenvalue weighted by molar-refractivity contribution is 4.91. The predicted molar refractivity (Wildman–Crippen MR) is 71.6 cm³/mol. The zero-order valence-corrected chi connectivity index (χ0v) is 11.6. The standard InChI is InChI=1S/C15H27NO2/c1-12-2-3-14(16-10-12)8-13-4-6-18-15(9-13)5-7-17-11-15/h12-14,16H,2-11H2,1H3. The molecule has 0 aromatic carbocycles. The summed E-state index contributed by atoms with van der Waals surface area (Å²) in [6.07, 6.45) is 7.68. The molecule has 0 aromatic rings. The summed E-state index contributed by atoms with van der Waals surface area (Å²) < 4.78 is 11.6. The van der Waals surface area contributed by atoms with Gasteiger partial charge in [-0.3, -0.25) is 0 Å². The number of rotatable bonds is 2. The number of nitrogens with one attached hydrogen (secondary N) is 1. The van der Waals surface area contributed by atoms with Crippen molar-refractivity contribution in [1.29, 1.82) is 0 Å². The van der Waals surface area contributed by atoms with Gasteiger partial charge in [0.05, 0.1) is 12.2 Å². The van der Waals surface area contributed by atoms with Crippen LogP contribution < -0.4 is 5.32 Å². The molecule has 3 fully saturated rings. The average Bonchev–Trinajstić information content (AvgIpc) is 2.80. The normalized spacial score (nSPS) is 45.5. The Kier molecular flexibility index (Phi) is 3.92. The highest BCUT2D eigenvalue weighted by Crippen LogP contribution is 2.38. The Morgan fingerprint density at radius 2 is 2.17 bits per heavy atom. The van der Waals surface area contributed by atoms with Crippen molar-refractivity contribution >= 4 is 0 Å². The molecule has 3 aliphatic rings. The molecule has 0 saturated carbocycles. The minimum absolute atomic E-state index is 0.0882. The van der Waals surface area contributed by atoms with Crippen LogP contribution >= 0.6 is 0 Å². The van der Waals surface area contributed by atoms with Crippen LogP contribution in [0.25, 0.3) is 0 Å². The third kappa shape index (κ3) is 2.89. The Morgan fingerprint density at radius 3 is 2.89 bits per heavy atom. The fraction of sp³-hybridized carbons (Fsp3) is 1.00. The Labute approximate surface area is 111 Å². The molecule has 104 valence electrons. The molecule has 0 radical (unpaired) electrons. The lowest BCUT2D eigenvalue weighted by atomic mass is 9.80. The van der Waals surface area contributed by atoms with Crippen LogP contribution in [0.5, 0.6) is 0 Å². The Morgan fingerprint density at radius 1 is 1.22 bits per heavy atom. The molecule has 3 rings (SSSR count). The molecule has 3 nitrogen and oxygen atoms in total. The van der Waals surface area contributed by atoms with Gasteiger partial charge in [-0.05, 0) is 50.5 Å². The molecule has 0 bridgehead atoms. The van der Waals surface area contributed by atoms with Gasteiger partial charge in [-0.2, -0.15) is 0 Å². The summed E-state index contributed by atoms with van der Waals surface area (Å²) >= 11 is 0. The van der Waals surface area contributed by atoms with Crippen LogP contribution in [0.15, 0.2) is 0 Å². The third-order valence-electron chi connectivity index (χ3n) is 5.04. The summed E-state index contributed by atoms with van der Waals surface area (Å²) in [7, 11) is 0. The molecular weight excluding hydrogens is 226 g/mol. The first-order valence-electron chi connectivity index (χ1n) is 7.71. The second kappa shape index (κ2) is 5.48. The van der Waals surface area contributed by atoms with E-state index in [2.05, 4.69) is 12.2 Å². The minimum Gasteiger partial charge on any atom is -0.378 e. The van der Waals surface area contributed by atoms with E-state index in [1.165, 1.54) is 38.6 Å². The molecule has 3 saturated heterocycles. The Bertz CT molecular complexity index is 268. The lowest BCUT2D eigenvalue weighted by Gasteiger charge is -2.39. The summed E-state index contributed by atoms with van der Waals surface area (Å²) in [4.78, 5) is 0. The van der Waals surface area contributed by atoms with Crippen LogP contribution in [0.1, 0.15) is 45.4 Å². The van der Waals surface area contributed by atoms with E-state index in [1.54, 1.807) is 0 Å². The molecular formula is C15H27NO2. The molecule has 1 spiro atoms. The molecule has 3 heterocycles. The summed E-state index contributed by atoms with van der Waals surface area (Å²) in [5.74, 6) is 1.71. The number of hydrogen-bond donors (Lipinski definition) is 1. The summed E-state index contributed by atoms with van der Waals surface area (Å²) in [5.41, 5.74) is 0.0882. The molecule has 0 aromatic heterocycles. The van der Waals surface area contributed by atoms with Crippen molar-refractivity contribution in [3.05, 3.63) is 0 Å². The molecule has 0 amide bonds. The van der Waals surface area contributed by atoms with Gasteiger partial charge < -0.3 is 14.8 Å². The van der Waals surface area contributed by atoms with E-state index in [1.807, 2.05) is 0 Å². The smallest absolute Gasteiger partial charge is 0.0939 e. The maximum Gasteiger partial charge on any atom is 0.0939 e. The molecule has 0 aliphatic carbocycles. The fourth-order valence-corrected chi connectivity index (χ4v) is 3.85. The van der Waals surface area contributed by atoms with Gasteiger partial charge in [0, 0.05) is 25.7 Å². The summed E-state index contributed by atoms with van der Waals surface area (Å²) in [6.45, 7) is 6.23. The van der Waals surface area contributed by atoms with Gasteiger partial charge >= 0.3 is 0 Å². The van der Waals surface area contributed by atoms with E-state index < -0.39 is 0 Å². The van der Waals surface area contributed by atoms with Gasteiger partial charge in [0.2, 0.25) is 0 Å². The van der Waals surface area contributed by atoms with Gasteiger partial charge in [0.25, 0.3) is 0 Å². The zero-order chi connectivity index (χ0) is 12.4.